The summed E-state index contributed by atoms with van der Waals surface area (Å²) in [7, 11) is 1.59. The van der Waals surface area contributed by atoms with Crippen molar-refractivity contribution in [3.05, 3.63) is 42.5 Å². The molecule has 2 aromatic rings. The van der Waals surface area contributed by atoms with Crippen molar-refractivity contribution < 1.29 is 23.8 Å². The van der Waals surface area contributed by atoms with Gasteiger partial charge in [0, 0.05) is 17.4 Å². The first kappa shape index (κ1) is 18.6. The van der Waals surface area contributed by atoms with E-state index in [9.17, 15) is 9.59 Å². The number of benzene rings is 2. The molecule has 4 rings (SSSR count). The van der Waals surface area contributed by atoms with Crippen molar-refractivity contribution >= 4 is 29.1 Å². The maximum atomic E-state index is 12.4. The summed E-state index contributed by atoms with van der Waals surface area (Å²) in [6.45, 7) is 0.964. The second kappa shape index (κ2) is 8.09. The molecule has 0 saturated carbocycles. The van der Waals surface area contributed by atoms with E-state index >= 15 is 0 Å². The summed E-state index contributed by atoms with van der Waals surface area (Å²) in [6, 6.07) is 11.5. The maximum absolute atomic E-state index is 12.4. The summed E-state index contributed by atoms with van der Waals surface area (Å²) >= 11 is 0. The molecule has 9 nitrogen and oxygen atoms in total. The number of fused-ring (bicyclic) bond motifs is 1. The lowest BCUT2D eigenvalue weighted by molar-refractivity contribution is -0.123. The normalized spacial score (nSPS) is 17.2. The molecule has 29 heavy (non-hydrogen) atoms. The Kier molecular flexibility index (Phi) is 5.19. The van der Waals surface area contributed by atoms with Crippen LogP contribution in [-0.2, 0) is 9.59 Å². The fraction of sp³-hybridized carbons (Fsp3) is 0.250. The van der Waals surface area contributed by atoms with Gasteiger partial charge in [0.1, 0.15) is 25.0 Å². The van der Waals surface area contributed by atoms with Crippen LogP contribution in [0.2, 0.25) is 0 Å². The Morgan fingerprint density at radius 2 is 1.86 bits per heavy atom. The molecule has 0 fully saturated rings. The topological polar surface area (TPSA) is 110 Å². The minimum Gasteiger partial charge on any atom is -0.497 e. The van der Waals surface area contributed by atoms with E-state index in [4.69, 9.17) is 14.2 Å². The van der Waals surface area contributed by atoms with Crippen LogP contribution in [0.15, 0.2) is 47.5 Å². The summed E-state index contributed by atoms with van der Waals surface area (Å²) < 4.78 is 16.1. The van der Waals surface area contributed by atoms with Crippen molar-refractivity contribution in [2.75, 3.05) is 31.0 Å². The SMILES string of the molecule is COc1ccc(NC2=N[C@H](CC(=O)Nc3ccc4c(c3)OCCO4)C(=O)N2)cc1. The van der Waals surface area contributed by atoms with Gasteiger partial charge in [-0.05, 0) is 36.4 Å². The van der Waals surface area contributed by atoms with Crippen LogP contribution in [-0.4, -0.2) is 44.1 Å². The number of hydrogen-bond acceptors (Lipinski definition) is 7. The monoisotopic (exact) mass is 396 g/mol. The molecular weight excluding hydrogens is 376 g/mol. The minimum absolute atomic E-state index is 0.0753. The van der Waals surface area contributed by atoms with Gasteiger partial charge in [-0.15, -0.1) is 0 Å². The van der Waals surface area contributed by atoms with Crippen LogP contribution in [0, 0.1) is 0 Å². The highest BCUT2D eigenvalue weighted by atomic mass is 16.6. The zero-order valence-corrected chi connectivity index (χ0v) is 15.7. The van der Waals surface area contributed by atoms with Gasteiger partial charge in [0.05, 0.1) is 13.5 Å². The van der Waals surface area contributed by atoms with Gasteiger partial charge in [0.2, 0.25) is 11.9 Å². The second-order valence-electron chi connectivity index (χ2n) is 6.45. The number of guanidine groups is 1. The molecule has 0 aromatic heterocycles. The Balaban J connectivity index is 1.35. The molecule has 0 unspecified atom stereocenters. The molecule has 2 heterocycles. The highest BCUT2D eigenvalue weighted by molar-refractivity contribution is 6.11. The minimum atomic E-state index is -0.798. The molecule has 2 amide bonds. The van der Waals surface area contributed by atoms with Crippen LogP contribution in [0.3, 0.4) is 0 Å². The summed E-state index contributed by atoms with van der Waals surface area (Å²) in [5, 5.41) is 8.41. The zero-order valence-electron chi connectivity index (χ0n) is 15.7. The first-order valence-corrected chi connectivity index (χ1v) is 9.10. The van der Waals surface area contributed by atoms with Crippen LogP contribution >= 0.6 is 0 Å². The van der Waals surface area contributed by atoms with Crippen LogP contribution in [0.25, 0.3) is 0 Å². The Hall–Kier alpha value is -3.75. The summed E-state index contributed by atoms with van der Waals surface area (Å²) in [5.41, 5.74) is 1.31. The molecule has 1 atom stereocenters. The quantitative estimate of drug-likeness (QED) is 0.710. The molecule has 0 spiro atoms. The van der Waals surface area contributed by atoms with Gasteiger partial charge in [-0.2, -0.15) is 0 Å². The lowest BCUT2D eigenvalue weighted by Gasteiger charge is -2.19. The Morgan fingerprint density at radius 3 is 2.62 bits per heavy atom. The number of nitrogens with one attached hydrogen (secondary N) is 3. The fourth-order valence-electron chi connectivity index (χ4n) is 2.97. The molecule has 0 bridgehead atoms. The van der Waals surface area contributed by atoms with Crippen molar-refractivity contribution in [2.45, 2.75) is 12.5 Å². The number of rotatable bonds is 5. The van der Waals surface area contributed by atoms with E-state index < -0.39 is 6.04 Å². The van der Waals surface area contributed by atoms with Gasteiger partial charge < -0.3 is 24.8 Å². The van der Waals surface area contributed by atoms with E-state index in [0.717, 1.165) is 11.4 Å². The summed E-state index contributed by atoms with van der Waals surface area (Å²) in [6.07, 6.45) is -0.0753. The predicted molar refractivity (Wildman–Crippen MR) is 107 cm³/mol. The number of methoxy groups -OCH3 is 1. The standard InChI is InChI=1S/C20H20N4O5/c1-27-14-5-2-12(3-6-14)22-20-23-15(19(26)24-20)11-18(25)21-13-4-7-16-17(10-13)29-9-8-28-16/h2-7,10,15H,8-9,11H2,1H3,(H,21,25)(H2,22,23,24,26)/t15-/m1/s1. The van der Waals surface area contributed by atoms with Gasteiger partial charge in [0.15, 0.2) is 11.5 Å². The van der Waals surface area contributed by atoms with Gasteiger partial charge in [-0.3, -0.25) is 14.9 Å². The number of aliphatic imine (C=N–C) groups is 1. The third-order valence-corrected chi connectivity index (χ3v) is 4.39. The van der Waals surface area contributed by atoms with E-state index in [0.29, 0.717) is 36.4 Å². The van der Waals surface area contributed by atoms with Crippen molar-refractivity contribution in [1.29, 1.82) is 0 Å². The molecule has 0 radical (unpaired) electrons. The molecule has 0 aliphatic carbocycles. The summed E-state index contributed by atoms with van der Waals surface area (Å²) in [4.78, 5) is 28.8. The van der Waals surface area contributed by atoms with E-state index in [-0.39, 0.29) is 18.2 Å². The van der Waals surface area contributed by atoms with Crippen molar-refractivity contribution in [3.63, 3.8) is 0 Å². The molecule has 2 aromatic carbocycles. The number of carbonyl (C=O) groups is 2. The third kappa shape index (κ3) is 4.40. The lowest BCUT2D eigenvalue weighted by Crippen LogP contribution is -2.33. The number of amides is 2. The van der Waals surface area contributed by atoms with Gasteiger partial charge in [-0.1, -0.05) is 0 Å². The Morgan fingerprint density at radius 1 is 1.14 bits per heavy atom. The molecular formula is C20H20N4O5. The molecule has 2 aliphatic rings. The molecule has 9 heteroatoms. The highest BCUT2D eigenvalue weighted by Crippen LogP contribution is 2.32. The number of ether oxygens (including phenoxy) is 3. The van der Waals surface area contributed by atoms with Crippen LogP contribution in [0.1, 0.15) is 6.42 Å². The van der Waals surface area contributed by atoms with Crippen LogP contribution in [0.5, 0.6) is 17.2 Å². The van der Waals surface area contributed by atoms with E-state index in [1.165, 1.54) is 0 Å². The Labute approximate surface area is 167 Å². The van der Waals surface area contributed by atoms with Crippen LogP contribution < -0.4 is 30.2 Å². The lowest BCUT2D eigenvalue weighted by atomic mass is 10.2. The van der Waals surface area contributed by atoms with Gasteiger partial charge >= 0.3 is 0 Å². The molecule has 2 aliphatic heterocycles. The maximum Gasteiger partial charge on any atom is 0.252 e. The van der Waals surface area contributed by atoms with Gasteiger partial charge in [0.25, 0.3) is 5.91 Å². The highest BCUT2D eigenvalue weighted by Gasteiger charge is 2.28. The van der Waals surface area contributed by atoms with E-state index in [1.807, 2.05) is 0 Å². The molecule has 0 saturated heterocycles. The molecule has 3 N–H and O–H groups in total. The van der Waals surface area contributed by atoms with Crippen molar-refractivity contribution in [1.82, 2.24) is 5.32 Å². The third-order valence-electron chi connectivity index (χ3n) is 4.39. The predicted octanol–water partition coefficient (Wildman–Crippen LogP) is 1.76. The number of carbonyl (C=O) groups excluding carboxylic acids is 2. The smallest absolute Gasteiger partial charge is 0.252 e. The van der Waals surface area contributed by atoms with E-state index in [2.05, 4.69) is 20.9 Å². The molecule has 150 valence electrons. The zero-order chi connectivity index (χ0) is 20.2. The van der Waals surface area contributed by atoms with Crippen molar-refractivity contribution in [3.8, 4) is 17.2 Å². The van der Waals surface area contributed by atoms with Crippen LogP contribution in [0.4, 0.5) is 11.4 Å². The van der Waals surface area contributed by atoms with E-state index in [1.54, 1.807) is 49.6 Å². The largest absolute Gasteiger partial charge is 0.497 e. The number of anilines is 2. The number of nitrogens with zero attached hydrogens (tertiary/aromatic N) is 1. The fourth-order valence-corrected chi connectivity index (χ4v) is 2.97. The van der Waals surface area contributed by atoms with Crippen molar-refractivity contribution in [2.24, 2.45) is 4.99 Å². The average Bonchev–Trinajstić information content (AvgIpc) is 3.07. The summed E-state index contributed by atoms with van der Waals surface area (Å²) in [5.74, 6) is 1.59. The first-order chi connectivity index (χ1) is 14.1. The average molecular weight is 396 g/mol. The number of hydrogen-bond donors (Lipinski definition) is 3. The van der Waals surface area contributed by atoms with Gasteiger partial charge in [-0.25, -0.2) is 4.99 Å². The second-order valence-corrected chi connectivity index (χ2v) is 6.45. The Bertz CT molecular complexity index is 958. The first-order valence-electron chi connectivity index (χ1n) is 9.10.